The number of anilines is 1. The molecule has 0 spiro atoms. The van der Waals surface area contributed by atoms with Gasteiger partial charge in [-0.05, 0) is 25.0 Å². The summed E-state index contributed by atoms with van der Waals surface area (Å²) in [6, 6.07) is 3.52. The highest BCUT2D eigenvalue weighted by molar-refractivity contribution is 5.85. The van der Waals surface area contributed by atoms with Gasteiger partial charge in [0.15, 0.2) is 0 Å². The van der Waals surface area contributed by atoms with Crippen LogP contribution in [0.5, 0.6) is 0 Å². The maximum atomic E-state index is 11.7. The van der Waals surface area contributed by atoms with Crippen molar-refractivity contribution in [1.29, 1.82) is 0 Å². The number of nitrogens with two attached hydrogens (primary N) is 1. The molecular weight excluding hydrogens is 278 g/mol. The summed E-state index contributed by atoms with van der Waals surface area (Å²) < 4.78 is 5.67. The van der Waals surface area contributed by atoms with Gasteiger partial charge in [-0.1, -0.05) is 12.8 Å². The van der Waals surface area contributed by atoms with E-state index in [2.05, 4.69) is 10.3 Å². The van der Waals surface area contributed by atoms with Crippen molar-refractivity contribution in [2.45, 2.75) is 38.2 Å². The smallest absolute Gasteiger partial charge is 0.226 e. The molecule has 1 aromatic heterocycles. The minimum atomic E-state index is -0.0349. The van der Waals surface area contributed by atoms with E-state index < -0.39 is 0 Å². The Kier molecular flexibility index (Phi) is 7.33. The van der Waals surface area contributed by atoms with Gasteiger partial charge in [-0.2, -0.15) is 0 Å². The van der Waals surface area contributed by atoms with Gasteiger partial charge >= 0.3 is 0 Å². The summed E-state index contributed by atoms with van der Waals surface area (Å²) in [5.74, 6) is -0.0349. The van der Waals surface area contributed by atoms with E-state index in [-0.39, 0.29) is 24.7 Å². The molecular formula is C14H22ClN3O2. The van der Waals surface area contributed by atoms with E-state index in [0.717, 1.165) is 18.5 Å². The Balaban J connectivity index is 0.00000200. The zero-order valence-corrected chi connectivity index (χ0v) is 12.3. The lowest BCUT2D eigenvalue weighted by Gasteiger charge is -2.11. The van der Waals surface area contributed by atoms with Crippen LogP contribution in [0.2, 0.25) is 0 Å². The van der Waals surface area contributed by atoms with Gasteiger partial charge in [-0.3, -0.25) is 9.78 Å². The SMILES string of the molecule is Cl.Nc1ccc(CC(=O)NCCOC2CCCC2)nc1. The standard InChI is InChI=1S/C14H21N3O2.ClH/c15-11-5-6-12(17-10-11)9-14(18)16-7-8-19-13-3-1-2-4-13;/h5-6,10,13H,1-4,7-9,15H2,(H,16,18);1H. The van der Waals surface area contributed by atoms with Gasteiger partial charge < -0.3 is 15.8 Å². The van der Waals surface area contributed by atoms with Crippen LogP contribution >= 0.6 is 12.4 Å². The first kappa shape index (κ1) is 16.7. The van der Waals surface area contributed by atoms with E-state index in [1.165, 1.54) is 12.8 Å². The van der Waals surface area contributed by atoms with Crippen LogP contribution in [0.25, 0.3) is 0 Å². The summed E-state index contributed by atoms with van der Waals surface area (Å²) in [6.07, 6.45) is 7.08. The van der Waals surface area contributed by atoms with Gasteiger partial charge in [-0.25, -0.2) is 0 Å². The normalized spacial score (nSPS) is 14.8. The Labute approximate surface area is 125 Å². The molecule has 1 amide bonds. The minimum Gasteiger partial charge on any atom is -0.397 e. The summed E-state index contributed by atoms with van der Waals surface area (Å²) in [4.78, 5) is 15.7. The molecule has 1 saturated carbocycles. The molecule has 1 fully saturated rings. The molecule has 0 bridgehead atoms. The number of aromatic nitrogens is 1. The van der Waals surface area contributed by atoms with Gasteiger partial charge in [0.1, 0.15) is 0 Å². The van der Waals surface area contributed by atoms with Crippen molar-refractivity contribution in [3.05, 3.63) is 24.0 Å². The summed E-state index contributed by atoms with van der Waals surface area (Å²) in [5, 5.41) is 2.83. The molecule has 0 unspecified atom stereocenters. The molecule has 1 aliphatic carbocycles. The van der Waals surface area contributed by atoms with Crippen LogP contribution in [-0.2, 0) is 16.0 Å². The fraction of sp³-hybridized carbons (Fsp3) is 0.571. The lowest BCUT2D eigenvalue weighted by molar-refractivity contribution is -0.120. The van der Waals surface area contributed by atoms with Gasteiger partial charge in [0.2, 0.25) is 5.91 Å². The topological polar surface area (TPSA) is 77.2 Å². The second kappa shape index (κ2) is 8.76. The first-order chi connectivity index (χ1) is 9.24. The molecule has 0 atom stereocenters. The van der Waals surface area contributed by atoms with Crippen molar-refractivity contribution in [2.75, 3.05) is 18.9 Å². The van der Waals surface area contributed by atoms with Crippen LogP contribution in [0.15, 0.2) is 18.3 Å². The first-order valence-corrected chi connectivity index (χ1v) is 6.83. The molecule has 0 radical (unpaired) electrons. The Bertz CT molecular complexity index is 405. The number of ether oxygens (including phenoxy) is 1. The van der Waals surface area contributed by atoms with E-state index in [9.17, 15) is 4.79 Å². The molecule has 0 aliphatic heterocycles. The summed E-state index contributed by atoms with van der Waals surface area (Å²) in [6.45, 7) is 1.15. The van der Waals surface area contributed by atoms with E-state index >= 15 is 0 Å². The number of rotatable bonds is 6. The molecule has 6 heteroatoms. The number of pyridine rings is 1. The second-order valence-corrected chi connectivity index (χ2v) is 4.89. The third-order valence-corrected chi connectivity index (χ3v) is 3.27. The summed E-state index contributed by atoms with van der Waals surface area (Å²) in [7, 11) is 0. The molecule has 1 heterocycles. The quantitative estimate of drug-likeness (QED) is 0.784. The summed E-state index contributed by atoms with van der Waals surface area (Å²) in [5.41, 5.74) is 6.87. The van der Waals surface area contributed by atoms with Crippen molar-refractivity contribution in [3.63, 3.8) is 0 Å². The van der Waals surface area contributed by atoms with Gasteiger partial charge in [0.05, 0.1) is 31.0 Å². The van der Waals surface area contributed by atoms with Gasteiger partial charge in [-0.15, -0.1) is 12.4 Å². The number of amides is 1. The number of hydrogen-bond acceptors (Lipinski definition) is 4. The molecule has 20 heavy (non-hydrogen) atoms. The van der Waals surface area contributed by atoms with Crippen LogP contribution in [0.3, 0.4) is 0 Å². The van der Waals surface area contributed by atoms with Crippen LogP contribution in [0, 0.1) is 0 Å². The molecule has 3 N–H and O–H groups in total. The van der Waals surface area contributed by atoms with E-state index in [4.69, 9.17) is 10.5 Å². The highest BCUT2D eigenvalue weighted by atomic mass is 35.5. The Morgan fingerprint density at radius 3 is 2.80 bits per heavy atom. The molecule has 0 saturated heterocycles. The van der Waals surface area contributed by atoms with Crippen LogP contribution in [-0.4, -0.2) is 30.1 Å². The van der Waals surface area contributed by atoms with Crippen molar-refractivity contribution >= 4 is 24.0 Å². The molecule has 1 aliphatic rings. The second-order valence-electron chi connectivity index (χ2n) is 4.89. The first-order valence-electron chi connectivity index (χ1n) is 6.83. The highest BCUT2D eigenvalue weighted by Gasteiger charge is 2.14. The highest BCUT2D eigenvalue weighted by Crippen LogP contribution is 2.20. The van der Waals surface area contributed by atoms with Gasteiger partial charge in [0, 0.05) is 12.2 Å². The zero-order valence-electron chi connectivity index (χ0n) is 11.5. The Morgan fingerprint density at radius 2 is 2.15 bits per heavy atom. The van der Waals surface area contributed by atoms with Crippen LogP contribution in [0.4, 0.5) is 5.69 Å². The van der Waals surface area contributed by atoms with Crippen LogP contribution in [0.1, 0.15) is 31.4 Å². The molecule has 2 rings (SSSR count). The maximum Gasteiger partial charge on any atom is 0.226 e. The van der Waals surface area contributed by atoms with Crippen molar-refractivity contribution in [1.82, 2.24) is 10.3 Å². The van der Waals surface area contributed by atoms with Crippen molar-refractivity contribution in [3.8, 4) is 0 Å². The molecule has 0 aromatic carbocycles. The van der Waals surface area contributed by atoms with Crippen LogP contribution < -0.4 is 11.1 Å². The zero-order chi connectivity index (χ0) is 13.5. The third kappa shape index (κ3) is 5.75. The molecule has 5 nitrogen and oxygen atoms in total. The maximum absolute atomic E-state index is 11.7. The molecule has 1 aromatic rings. The van der Waals surface area contributed by atoms with Crippen molar-refractivity contribution < 1.29 is 9.53 Å². The fourth-order valence-corrected chi connectivity index (χ4v) is 2.24. The predicted octanol–water partition coefficient (Wildman–Crippen LogP) is 1.70. The number of nitrogen functional groups attached to an aromatic ring is 1. The number of hydrogen-bond donors (Lipinski definition) is 2. The Morgan fingerprint density at radius 1 is 1.40 bits per heavy atom. The third-order valence-electron chi connectivity index (χ3n) is 3.27. The monoisotopic (exact) mass is 299 g/mol. The Hall–Kier alpha value is -1.33. The largest absolute Gasteiger partial charge is 0.397 e. The number of carbonyl (C=O) groups is 1. The predicted molar refractivity (Wildman–Crippen MR) is 80.8 cm³/mol. The minimum absolute atomic E-state index is 0. The summed E-state index contributed by atoms with van der Waals surface area (Å²) >= 11 is 0. The number of nitrogens with zero attached hydrogens (tertiary/aromatic N) is 1. The van der Waals surface area contributed by atoms with Crippen molar-refractivity contribution in [2.24, 2.45) is 0 Å². The number of carbonyl (C=O) groups excluding carboxylic acids is 1. The van der Waals surface area contributed by atoms with E-state index in [0.29, 0.717) is 24.9 Å². The molecule has 112 valence electrons. The van der Waals surface area contributed by atoms with E-state index in [1.807, 2.05) is 0 Å². The lowest BCUT2D eigenvalue weighted by atomic mass is 10.2. The average molecular weight is 300 g/mol. The van der Waals surface area contributed by atoms with Gasteiger partial charge in [0.25, 0.3) is 0 Å². The average Bonchev–Trinajstić information content (AvgIpc) is 2.91. The number of halogens is 1. The fourth-order valence-electron chi connectivity index (χ4n) is 2.24. The number of nitrogens with one attached hydrogen (secondary N) is 1. The lowest BCUT2D eigenvalue weighted by Crippen LogP contribution is -2.29. The van der Waals surface area contributed by atoms with E-state index in [1.54, 1.807) is 18.3 Å².